The SMILES string of the molecule is COCCC1Nc2nc(OC)ccc2NC1=O. The van der Waals surface area contributed by atoms with Crippen molar-refractivity contribution in [1.82, 2.24) is 4.98 Å². The molecule has 0 saturated heterocycles. The number of hydrogen-bond acceptors (Lipinski definition) is 5. The normalized spacial score (nSPS) is 18.0. The average Bonchev–Trinajstić information content (AvgIpc) is 2.35. The van der Waals surface area contributed by atoms with Crippen LogP contribution < -0.4 is 15.4 Å². The number of anilines is 2. The van der Waals surface area contributed by atoms with E-state index in [1.165, 1.54) is 0 Å². The summed E-state index contributed by atoms with van der Waals surface area (Å²) in [6, 6.07) is 3.15. The lowest BCUT2D eigenvalue weighted by molar-refractivity contribution is -0.117. The van der Waals surface area contributed by atoms with Gasteiger partial charge in [-0.2, -0.15) is 4.98 Å². The molecule has 6 heteroatoms. The molecule has 1 atom stereocenters. The van der Waals surface area contributed by atoms with Crippen molar-refractivity contribution in [2.75, 3.05) is 31.5 Å². The lowest BCUT2D eigenvalue weighted by Gasteiger charge is -2.25. The Morgan fingerprint density at radius 2 is 2.24 bits per heavy atom. The highest BCUT2D eigenvalue weighted by Crippen LogP contribution is 2.27. The first kappa shape index (κ1) is 11.7. The second-order valence-electron chi connectivity index (χ2n) is 3.72. The summed E-state index contributed by atoms with van der Waals surface area (Å²) in [7, 11) is 3.16. The van der Waals surface area contributed by atoms with Gasteiger partial charge in [-0.15, -0.1) is 0 Å². The smallest absolute Gasteiger partial charge is 0.247 e. The van der Waals surface area contributed by atoms with Gasteiger partial charge in [0.15, 0.2) is 5.82 Å². The van der Waals surface area contributed by atoms with Gasteiger partial charge in [-0.1, -0.05) is 0 Å². The number of rotatable bonds is 4. The van der Waals surface area contributed by atoms with Crippen LogP contribution in [-0.2, 0) is 9.53 Å². The van der Waals surface area contributed by atoms with Gasteiger partial charge in [0.2, 0.25) is 11.8 Å². The standard InChI is InChI=1S/C11H15N3O3/c1-16-6-5-8-11(15)13-7-3-4-9(17-2)14-10(7)12-8/h3-4,8H,5-6H2,1-2H3,(H,12,14)(H,13,15). The van der Waals surface area contributed by atoms with Crippen LogP contribution in [0.5, 0.6) is 5.88 Å². The van der Waals surface area contributed by atoms with Crippen LogP contribution in [0.25, 0.3) is 0 Å². The number of carbonyl (C=O) groups is 1. The molecular formula is C11H15N3O3. The zero-order valence-electron chi connectivity index (χ0n) is 9.82. The van der Waals surface area contributed by atoms with Crippen LogP contribution >= 0.6 is 0 Å². The van der Waals surface area contributed by atoms with E-state index < -0.39 is 0 Å². The average molecular weight is 237 g/mol. The Hall–Kier alpha value is -1.82. The number of methoxy groups -OCH3 is 2. The molecule has 92 valence electrons. The third-order valence-electron chi connectivity index (χ3n) is 2.57. The molecule has 17 heavy (non-hydrogen) atoms. The van der Waals surface area contributed by atoms with Crippen molar-refractivity contribution in [1.29, 1.82) is 0 Å². The lowest BCUT2D eigenvalue weighted by atomic mass is 10.1. The Labute approximate surface area is 99.3 Å². The third kappa shape index (κ3) is 2.47. The fourth-order valence-electron chi connectivity index (χ4n) is 1.66. The highest BCUT2D eigenvalue weighted by molar-refractivity contribution is 6.02. The van der Waals surface area contributed by atoms with Gasteiger partial charge in [0.1, 0.15) is 6.04 Å². The van der Waals surface area contributed by atoms with Crippen LogP contribution in [0.4, 0.5) is 11.5 Å². The molecule has 1 unspecified atom stereocenters. The van der Waals surface area contributed by atoms with Gasteiger partial charge >= 0.3 is 0 Å². The number of nitrogens with zero attached hydrogens (tertiary/aromatic N) is 1. The molecule has 1 aromatic heterocycles. The van der Waals surface area contributed by atoms with Crippen molar-refractivity contribution in [3.05, 3.63) is 12.1 Å². The van der Waals surface area contributed by atoms with Gasteiger partial charge in [0, 0.05) is 19.8 Å². The summed E-state index contributed by atoms with van der Waals surface area (Å²) in [6.07, 6.45) is 0.598. The summed E-state index contributed by atoms with van der Waals surface area (Å²) in [6.45, 7) is 0.518. The van der Waals surface area contributed by atoms with Crippen LogP contribution in [0.15, 0.2) is 12.1 Å². The number of ether oxygens (including phenoxy) is 2. The minimum absolute atomic E-state index is 0.0680. The highest BCUT2D eigenvalue weighted by Gasteiger charge is 2.26. The number of hydrogen-bond donors (Lipinski definition) is 2. The van der Waals surface area contributed by atoms with E-state index in [-0.39, 0.29) is 11.9 Å². The maximum Gasteiger partial charge on any atom is 0.247 e. The van der Waals surface area contributed by atoms with Gasteiger partial charge in [-0.25, -0.2) is 0 Å². The van der Waals surface area contributed by atoms with Crippen LogP contribution in [0.2, 0.25) is 0 Å². The van der Waals surface area contributed by atoms with Crippen molar-refractivity contribution < 1.29 is 14.3 Å². The van der Waals surface area contributed by atoms with E-state index in [0.29, 0.717) is 30.4 Å². The van der Waals surface area contributed by atoms with Crippen molar-refractivity contribution in [3.63, 3.8) is 0 Å². The van der Waals surface area contributed by atoms with Crippen LogP contribution in [0, 0.1) is 0 Å². The minimum atomic E-state index is -0.318. The maximum atomic E-state index is 11.7. The zero-order chi connectivity index (χ0) is 12.3. The Morgan fingerprint density at radius 3 is 2.94 bits per heavy atom. The lowest BCUT2D eigenvalue weighted by Crippen LogP contribution is -2.40. The fraction of sp³-hybridized carbons (Fsp3) is 0.455. The van der Waals surface area contributed by atoms with Crippen molar-refractivity contribution in [2.45, 2.75) is 12.5 Å². The van der Waals surface area contributed by atoms with Gasteiger partial charge in [-0.3, -0.25) is 4.79 Å². The summed E-state index contributed by atoms with van der Waals surface area (Å²) in [5.74, 6) is 1.07. The summed E-state index contributed by atoms with van der Waals surface area (Å²) in [4.78, 5) is 16.0. The van der Waals surface area contributed by atoms with Crippen molar-refractivity contribution >= 4 is 17.4 Å². The molecule has 1 amide bonds. The van der Waals surface area contributed by atoms with E-state index in [9.17, 15) is 4.79 Å². The van der Waals surface area contributed by atoms with E-state index in [4.69, 9.17) is 9.47 Å². The molecule has 2 N–H and O–H groups in total. The number of aromatic nitrogens is 1. The van der Waals surface area contributed by atoms with Gasteiger partial charge in [-0.05, 0) is 12.5 Å². The molecule has 1 aliphatic heterocycles. The van der Waals surface area contributed by atoms with Crippen LogP contribution in [0.1, 0.15) is 6.42 Å². The van der Waals surface area contributed by atoms with E-state index in [1.54, 1.807) is 26.4 Å². The summed E-state index contributed by atoms with van der Waals surface area (Å²) < 4.78 is 10.00. The van der Waals surface area contributed by atoms with E-state index in [0.717, 1.165) is 0 Å². The molecule has 0 aliphatic carbocycles. The van der Waals surface area contributed by atoms with Gasteiger partial charge < -0.3 is 20.1 Å². The molecular weight excluding hydrogens is 222 g/mol. The predicted octanol–water partition coefficient (Wildman–Crippen LogP) is 0.859. The molecule has 1 aliphatic rings. The zero-order valence-corrected chi connectivity index (χ0v) is 9.82. The van der Waals surface area contributed by atoms with Crippen LogP contribution in [-0.4, -0.2) is 37.8 Å². The van der Waals surface area contributed by atoms with E-state index in [2.05, 4.69) is 15.6 Å². The number of pyridine rings is 1. The number of carbonyl (C=O) groups excluding carboxylic acids is 1. The van der Waals surface area contributed by atoms with E-state index in [1.807, 2.05) is 0 Å². The second-order valence-corrected chi connectivity index (χ2v) is 3.72. The van der Waals surface area contributed by atoms with Crippen molar-refractivity contribution in [3.8, 4) is 5.88 Å². The molecule has 0 bridgehead atoms. The summed E-state index contributed by atoms with van der Waals surface area (Å²) in [5.41, 5.74) is 0.671. The summed E-state index contributed by atoms with van der Waals surface area (Å²) >= 11 is 0. The van der Waals surface area contributed by atoms with Crippen LogP contribution in [0.3, 0.4) is 0 Å². The number of fused-ring (bicyclic) bond motifs is 1. The maximum absolute atomic E-state index is 11.7. The molecule has 1 aromatic rings. The van der Waals surface area contributed by atoms with Gasteiger partial charge in [0.05, 0.1) is 12.8 Å². The first-order chi connectivity index (χ1) is 8.24. The first-order valence-electron chi connectivity index (χ1n) is 5.36. The Kier molecular flexibility index (Phi) is 3.43. The quantitative estimate of drug-likeness (QED) is 0.812. The summed E-state index contributed by atoms with van der Waals surface area (Å²) in [5, 5.41) is 5.87. The Balaban J connectivity index is 2.16. The van der Waals surface area contributed by atoms with Gasteiger partial charge in [0.25, 0.3) is 0 Å². The fourth-order valence-corrected chi connectivity index (χ4v) is 1.66. The minimum Gasteiger partial charge on any atom is -0.481 e. The molecule has 6 nitrogen and oxygen atoms in total. The molecule has 2 rings (SSSR count). The molecule has 0 spiro atoms. The largest absolute Gasteiger partial charge is 0.481 e. The number of nitrogens with one attached hydrogen (secondary N) is 2. The first-order valence-corrected chi connectivity index (χ1v) is 5.36. The Bertz CT molecular complexity index is 422. The molecule has 0 saturated carbocycles. The topological polar surface area (TPSA) is 72.5 Å². The monoisotopic (exact) mass is 237 g/mol. The highest BCUT2D eigenvalue weighted by atomic mass is 16.5. The second kappa shape index (κ2) is 5.01. The van der Waals surface area contributed by atoms with E-state index >= 15 is 0 Å². The molecule has 0 aromatic carbocycles. The Morgan fingerprint density at radius 1 is 1.41 bits per heavy atom. The van der Waals surface area contributed by atoms with Crippen molar-refractivity contribution in [2.24, 2.45) is 0 Å². The number of amides is 1. The third-order valence-corrected chi connectivity index (χ3v) is 2.57. The molecule has 2 heterocycles. The molecule has 0 radical (unpaired) electrons. The molecule has 0 fully saturated rings. The predicted molar refractivity (Wildman–Crippen MR) is 63.3 cm³/mol.